The van der Waals surface area contributed by atoms with Crippen molar-refractivity contribution in [3.05, 3.63) is 72.7 Å². The minimum Gasteiger partial charge on any atom is -0.493 e. The van der Waals surface area contributed by atoms with Crippen LogP contribution in [0.25, 0.3) is 16.6 Å². The van der Waals surface area contributed by atoms with Gasteiger partial charge in [0.25, 0.3) is 5.91 Å². The van der Waals surface area contributed by atoms with Gasteiger partial charge in [0.15, 0.2) is 29.5 Å². The molecule has 0 aliphatic rings. The molecule has 3 N–H and O–H groups in total. The normalized spacial score (nSPS) is 11.5. The Labute approximate surface area is 252 Å². The number of nitrogens with zero attached hydrogens (tertiary/aromatic N) is 5. The fourth-order valence-electron chi connectivity index (χ4n) is 4.05. The van der Waals surface area contributed by atoms with Gasteiger partial charge in [0.05, 0.1) is 43.0 Å². The molecule has 16 heteroatoms. The third-order valence-electron chi connectivity index (χ3n) is 5.98. The molecule has 3 heterocycles. The zero-order chi connectivity index (χ0) is 32.3. The minimum atomic E-state index is -4.70. The number of carbonyl (C=O) groups is 1. The molecule has 3 aromatic heterocycles. The van der Waals surface area contributed by atoms with Crippen LogP contribution in [0.4, 0.5) is 29.2 Å². The number of pyridine rings is 1. The molecule has 2 aromatic carbocycles. The summed E-state index contributed by atoms with van der Waals surface area (Å²) < 4.78 is 76.8. The Morgan fingerprint density at radius 2 is 1.78 bits per heavy atom. The van der Waals surface area contributed by atoms with E-state index in [0.29, 0.717) is 28.2 Å². The van der Waals surface area contributed by atoms with Gasteiger partial charge in [0.2, 0.25) is 5.95 Å². The van der Waals surface area contributed by atoms with Gasteiger partial charge in [-0.25, -0.2) is 19.0 Å². The summed E-state index contributed by atoms with van der Waals surface area (Å²) in [6.07, 6.45) is 0.229. The van der Waals surface area contributed by atoms with Crippen LogP contribution in [-0.4, -0.2) is 56.6 Å². The Kier molecular flexibility index (Phi) is 8.56. The molecule has 0 aliphatic carbocycles. The van der Waals surface area contributed by atoms with Gasteiger partial charge in [0.1, 0.15) is 23.0 Å². The van der Waals surface area contributed by atoms with Crippen LogP contribution in [0.15, 0.2) is 61.2 Å². The molecule has 45 heavy (non-hydrogen) atoms. The van der Waals surface area contributed by atoms with Crippen LogP contribution in [0.3, 0.4) is 0 Å². The van der Waals surface area contributed by atoms with Crippen LogP contribution in [0.5, 0.6) is 28.7 Å². The van der Waals surface area contributed by atoms with Crippen molar-refractivity contribution in [2.24, 2.45) is 0 Å². The first kappa shape index (κ1) is 30.8. The molecule has 1 amide bonds. The summed E-state index contributed by atoms with van der Waals surface area (Å²) in [5, 5.41) is 6.86. The quantitative estimate of drug-likeness (QED) is 0.184. The number of hydrogen-bond donors (Lipinski definition) is 2. The second-order valence-corrected chi connectivity index (χ2v) is 9.68. The van der Waals surface area contributed by atoms with Crippen molar-refractivity contribution < 1.29 is 41.3 Å². The van der Waals surface area contributed by atoms with E-state index in [1.165, 1.54) is 37.8 Å². The molecule has 0 fully saturated rings. The van der Waals surface area contributed by atoms with E-state index in [1.807, 2.05) is 13.8 Å². The van der Waals surface area contributed by atoms with Gasteiger partial charge in [0, 0.05) is 23.7 Å². The van der Waals surface area contributed by atoms with Crippen LogP contribution in [0, 0.1) is 5.82 Å². The molecule has 0 spiro atoms. The SMILES string of the molecule is COc1cc2c(Oc3ccc(NC(=O)c4nn(-c5cnc(N)nc5)cc4OCC(F)(F)F)c(F)c3)ccnc2cc1OC(C)C. The lowest BCUT2D eigenvalue weighted by atomic mass is 10.1. The molecular formula is C29H25F4N7O5. The van der Waals surface area contributed by atoms with Crippen LogP contribution < -0.4 is 30.0 Å². The van der Waals surface area contributed by atoms with E-state index in [0.717, 1.165) is 16.9 Å². The average Bonchev–Trinajstić information content (AvgIpc) is 3.41. The molecule has 5 rings (SSSR count). The van der Waals surface area contributed by atoms with Crippen LogP contribution >= 0.6 is 0 Å². The van der Waals surface area contributed by atoms with Gasteiger partial charge >= 0.3 is 6.18 Å². The van der Waals surface area contributed by atoms with Crippen molar-refractivity contribution >= 4 is 28.4 Å². The molecule has 0 radical (unpaired) electrons. The standard InChI is InChI=1S/C29H25F4N7O5/c1-15(2)44-24-10-21-18(9-23(24)42-3)22(6-7-35-21)45-17-4-5-20(19(30)8-17)38-27(41)26-25(43-14-29(31,32)33)13-40(39-26)16-11-36-28(34)37-12-16/h4-13,15H,14H2,1-3H3,(H,38,41)(H2,34,36,37). The number of carbonyl (C=O) groups excluding carboxylic acids is 1. The zero-order valence-corrected chi connectivity index (χ0v) is 23.9. The number of amides is 1. The summed E-state index contributed by atoms with van der Waals surface area (Å²) in [7, 11) is 1.50. The predicted octanol–water partition coefficient (Wildman–Crippen LogP) is 5.71. The number of rotatable bonds is 10. The highest BCUT2D eigenvalue weighted by Crippen LogP contribution is 2.38. The number of nitrogen functional groups attached to an aromatic ring is 1. The molecule has 0 unspecified atom stereocenters. The van der Waals surface area contributed by atoms with Gasteiger partial charge < -0.3 is 30.0 Å². The number of alkyl halides is 3. The highest BCUT2D eigenvalue weighted by molar-refractivity contribution is 6.04. The molecule has 0 saturated heterocycles. The number of anilines is 2. The average molecular weight is 628 g/mol. The van der Waals surface area contributed by atoms with E-state index in [2.05, 4.69) is 25.4 Å². The molecule has 0 bridgehead atoms. The topological polar surface area (TPSA) is 149 Å². The lowest BCUT2D eigenvalue weighted by Gasteiger charge is -2.16. The number of benzene rings is 2. The Hall–Kier alpha value is -5.67. The highest BCUT2D eigenvalue weighted by Gasteiger charge is 2.30. The van der Waals surface area contributed by atoms with E-state index in [1.54, 1.807) is 18.2 Å². The minimum absolute atomic E-state index is 0.0532. The van der Waals surface area contributed by atoms with E-state index in [9.17, 15) is 18.0 Å². The fraction of sp³-hybridized carbons (Fsp3) is 0.207. The van der Waals surface area contributed by atoms with Gasteiger partial charge in [-0.3, -0.25) is 9.78 Å². The Morgan fingerprint density at radius 3 is 2.44 bits per heavy atom. The second-order valence-electron chi connectivity index (χ2n) is 9.68. The van der Waals surface area contributed by atoms with Gasteiger partial charge in [-0.15, -0.1) is 0 Å². The van der Waals surface area contributed by atoms with Gasteiger partial charge in [-0.1, -0.05) is 0 Å². The van der Waals surface area contributed by atoms with E-state index < -0.39 is 36.0 Å². The molecule has 234 valence electrons. The molecule has 0 saturated carbocycles. The number of hydrogen-bond acceptors (Lipinski definition) is 10. The first-order valence-corrected chi connectivity index (χ1v) is 13.2. The first-order valence-electron chi connectivity index (χ1n) is 13.2. The maximum absolute atomic E-state index is 15.2. The van der Waals surface area contributed by atoms with Crippen molar-refractivity contribution in [3.8, 4) is 34.4 Å². The number of ether oxygens (including phenoxy) is 4. The van der Waals surface area contributed by atoms with Crippen molar-refractivity contribution in [2.75, 3.05) is 24.8 Å². The number of aromatic nitrogens is 5. The Balaban J connectivity index is 1.38. The molecule has 12 nitrogen and oxygen atoms in total. The van der Waals surface area contributed by atoms with E-state index >= 15 is 4.39 Å². The zero-order valence-electron chi connectivity index (χ0n) is 23.9. The number of methoxy groups -OCH3 is 1. The number of halogens is 4. The Morgan fingerprint density at radius 1 is 1.02 bits per heavy atom. The first-order chi connectivity index (χ1) is 21.4. The smallest absolute Gasteiger partial charge is 0.422 e. The van der Waals surface area contributed by atoms with E-state index in [4.69, 9.17) is 24.7 Å². The largest absolute Gasteiger partial charge is 0.493 e. The Bertz CT molecular complexity index is 1850. The lowest BCUT2D eigenvalue weighted by Crippen LogP contribution is -2.21. The molecular weight excluding hydrogens is 602 g/mol. The second kappa shape index (κ2) is 12.5. The highest BCUT2D eigenvalue weighted by atomic mass is 19.4. The van der Waals surface area contributed by atoms with Gasteiger partial charge in [-0.05, 0) is 38.1 Å². The third-order valence-corrected chi connectivity index (χ3v) is 5.98. The summed E-state index contributed by atoms with van der Waals surface area (Å²) in [6, 6.07) is 8.62. The lowest BCUT2D eigenvalue weighted by molar-refractivity contribution is -0.153. The molecule has 5 aromatic rings. The monoisotopic (exact) mass is 627 g/mol. The van der Waals surface area contributed by atoms with Crippen molar-refractivity contribution in [1.29, 1.82) is 0 Å². The maximum Gasteiger partial charge on any atom is 0.422 e. The number of nitrogens with two attached hydrogens (primary N) is 1. The fourth-order valence-corrected chi connectivity index (χ4v) is 4.05. The van der Waals surface area contributed by atoms with Crippen molar-refractivity contribution in [2.45, 2.75) is 26.1 Å². The summed E-state index contributed by atoms with van der Waals surface area (Å²) in [6.45, 7) is 2.06. The summed E-state index contributed by atoms with van der Waals surface area (Å²) in [4.78, 5) is 25.0. The van der Waals surface area contributed by atoms with Gasteiger partial charge in [-0.2, -0.15) is 18.3 Å². The van der Waals surface area contributed by atoms with Crippen LogP contribution in [-0.2, 0) is 0 Å². The van der Waals surface area contributed by atoms with Crippen LogP contribution in [0.2, 0.25) is 0 Å². The molecule has 0 aliphatic heterocycles. The summed E-state index contributed by atoms with van der Waals surface area (Å²) >= 11 is 0. The number of nitrogens with one attached hydrogen (secondary N) is 1. The summed E-state index contributed by atoms with van der Waals surface area (Å²) in [5.41, 5.74) is 5.35. The predicted molar refractivity (Wildman–Crippen MR) is 154 cm³/mol. The van der Waals surface area contributed by atoms with E-state index in [-0.39, 0.29) is 29.2 Å². The van der Waals surface area contributed by atoms with Crippen molar-refractivity contribution in [1.82, 2.24) is 24.7 Å². The summed E-state index contributed by atoms with van der Waals surface area (Å²) in [5.74, 6) is -1.13. The third kappa shape index (κ3) is 7.29. The molecule has 0 atom stereocenters. The van der Waals surface area contributed by atoms with Crippen molar-refractivity contribution in [3.63, 3.8) is 0 Å². The maximum atomic E-state index is 15.2. The van der Waals surface area contributed by atoms with Crippen LogP contribution in [0.1, 0.15) is 24.3 Å². The number of fused-ring (bicyclic) bond motifs is 1.